The topological polar surface area (TPSA) is 34.2 Å². The molecule has 2 N–H and O–H groups in total. The quantitative estimate of drug-likeness (QED) is 0.931. The molecule has 3 heteroatoms. The maximum Gasteiger partial charge on any atom is 0.0480 e. The highest BCUT2D eigenvalue weighted by Gasteiger charge is 2.29. The smallest absolute Gasteiger partial charge is 0.0480 e. The van der Waals surface area contributed by atoms with Crippen LogP contribution in [-0.4, -0.2) is 35.6 Å². The SMILES string of the molecule is CN1CCCCC1C(CN)c1cn(C)c2ccccc12. The molecule has 108 valence electrons. The van der Waals surface area contributed by atoms with Crippen molar-refractivity contribution in [1.82, 2.24) is 9.47 Å². The van der Waals surface area contributed by atoms with Gasteiger partial charge >= 0.3 is 0 Å². The molecular formula is C17H25N3. The van der Waals surface area contributed by atoms with Crippen molar-refractivity contribution in [1.29, 1.82) is 0 Å². The van der Waals surface area contributed by atoms with Gasteiger partial charge < -0.3 is 15.2 Å². The molecule has 1 aliphatic rings. The zero-order valence-electron chi connectivity index (χ0n) is 12.5. The molecule has 1 saturated heterocycles. The molecule has 0 aliphatic carbocycles. The molecule has 0 spiro atoms. The van der Waals surface area contributed by atoms with Gasteiger partial charge in [0.05, 0.1) is 0 Å². The van der Waals surface area contributed by atoms with Crippen molar-refractivity contribution in [2.75, 3.05) is 20.1 Å². The summed E-state index contributed by atoms with van der Waals surface area (Å²) in [5.41, 5.74) is 8.89. The predicted octanol–water partition coefficient (Wildman–Crippen LogP) is 2.70. The van der Waals surface area contributed by atoms with Crippen LogP contribution in [0.4, 0.5) is 0 Å². The molecule has 3 rings (SSSR count). The number of hydrogen-bond acceptors (Lipinski definition) is 2. The Morgan fingerprint density at radius 3 is 2.80 bits per heavy atom. The number of fused-ring (bicyclic) bond motifs is 1. The lowest BCUT2D eigenvalue weighted by molar-refractivity contribution is 0.160. The van der Waals surface area contributed by atoms with Gasteiger partial charge in [0, 0.05) is 42.7 Å². The number of aryl methyl sites for hydroxylation is 1. The van der Waals surface area contributed by atoms with Crippen molar-refractivity contribution < 1.29 is 0 Å². The summed E-state index contributed by atoms with van der Waals surface area (Å²) >= 11 is 0. The molecule has 2 unspecified atom stereocenters. The normalized spacial score (nSPS) is 22.2. The second kappa shape index (κ2) is 5.58. The molecule has 2 heterocycles. The first-order chi connectivity index (χ1) is 9.72. The zero-order chi connectivity index (χ0) is 14.1. The van der Waals surface area contributed by atoms with E-state index in [0.29, 0.717) is 12.0 Å². The van der Waals surface area contributed by atoms with Crippen molar-refractivity contribution >= 4 is 10.9 Å². The zero-order valence-corrected chi connectivity index (χ0v) is 12.5. The van der Waals surface area contributed by atoms with Crippen LogP contribution >= 0.6 is 0 Å². The second-order valence-corrected chi connectivity index (χ2v) is 6.10. The molecule has 1 aromatic carbocycles. The highest BCUT2D eigenvalue weighted by Crippen LogP contribution is 2.33. The van der Waals surface area contributed by atoms with Crippen LogP contribution in [0.2, 0.25) is 0 Å². The van der Waals surface area contributed by atoms with E-state index < -0.39 is 0 Å². The van der Waals surface area contributed by atoms with Gasteiger partial charge in [-0.15, -0.1) is 0 Å². The largest absolute Gasteiger partial charge is 0.350 e. The molecule has 0 radical (unpaired) electrons. The lowest BCUT2D eigenvalue weighted by atomic mass is 9.85. The van der Waals surface area contributed by atoms with E-state index in [2.05, 4.69) is 54.0 Å². The molecule has 0 bridgehead atoms. The van der Waals surface area contributed by atoms with E-state index in [4.69, 9.17) is 5.73 Å². The number of rotatable bonds is 3. The Balaban J connectivity index is 2.03. The van der Waals surface area contributed by atoms with Gasteiger partial charge in [-0.05, 0) is 38.1 Å². The number of likely N-dealkylation sites (tertiary alicyclic amines) is 1. The number of aromatic nitrogens is 1. The van der Waals surface area contributed by atoms with Crippen molar-refractivity contribution in [3.05, 3.63) is 36.0 Å². The third kappa shape index (κ3) is 2.25. The minimum absolute atomic E-state index is 0.436. The fraction of sp³-hybridized carbons (Fsp3) is 0.529. The third-order valence-electron chi connectivity index (χ3n) is 4.87. The molecule has 1 fully saturated rings. The van der Waals surface area contributed by atoms with Crippen LogP contribution in [0, 0.1) is 0 Å². The molecule has 0 saturated carbocycles. The highest BCUT2D eigenvalue weighted by atomic mass is 15.1. The van der Waals surface area contributed by atoms with Gasteiger partial charge in [-0.3, -0.25) is 0 Å². The maximum atomic E-state index is 6.16. The van der Waals surface area contributed by atoms with Crippen LogP contribution in [0.3, 0.4) is 0 Å². The van der Waals surface area contributed by atoms with Gasteiger partial charge in [-0.1, -0.05) is 24.6 Å². The van der Waals surface area contributed by atoms with Crippen molar-refractivity contribution in [2.24, 2.45) is 12.8 Å². The molecule has 0 amide bonds. The standard InChI is InChI=1S/C17H25N3/c1-19-10-6-5-9-17(19)14(11-18)15-12-20(2)16-8-4-3-7-13(15)16/h3-4,7-8,12,14,17H,5-6,9-11,18H2,1-2H3. The molecule has 1 aliphatic heterocycles. The van der Waals surface area contributed by atoms with Crippen LogP contribution in [0.5, 0.6) is 0 Å². The number of nitrogens with two attached hydrogens (primary N) is 1. The Morgan fingerprint density at radius 1 is 1.25 bits per heavy atom. The van der Waals surface area contributed by atoms with E-state index >= 15 is 0 Å². The maximum absolute atomic E-state index is 6.16. The molecular weight excluding hydrogens is 246 g/mol. The highest BCUT2D eigenvalue weighted by molar-refractivity contribution is 5.84. The number of para-hydroxylation sites is 1. The minimum Gasteiger partial charge on any atom is -0.350 e. The molecule has 1 aromatic heterocycles. The summed E-state index contributed by atoms with van der Waals surface area (Å²) in [6, 6.07) is 9.24. The summed E-state index contributed by atoms with van der Waals surface area (Å²) in [6.07, 6.45) is 6.20. The summed E-state index contributed by atoms with van der Waals surface area (Å²) in [4.78, 5) is 2.50. The first kappa shape index (κ1) is 13.7. The average Bonchev–Trinajstić information content (AvgIpc) is 2.80. The Morgan fingerprint density at radius 2 is 2.05 bits per heavy atom. The van der Waals surface area contributed by atoms with Crippen molar-refractivity contribution in [2.45, 2.75) is 31.2 Å². The van der Waals surface area contributed by atoms with Gasteiger partial charge in [0.25, 0.3) is 0 Å². The Kier molecular flexibility index (Phi) is 3.81. The van der Waals surface area contributed by atoms with Crippen LogP contribution < -0.4 is 5.73 Å². The summed E-state index contributed by atoms with van der Waals surface area (Å²) in [5, 5.41) is 1.37. The number of nitrogens with zero attached hydrogens (tertiary/aromatic N) is 2. The lowest BCUT2D eigenvalue weighted by Gasteiger charge is -2.37. The van der Waals surface area contributed by atoms with Crippen LogP contribution in [0.15, 0.2) is 30.5 Å². The summed E-state index contributed by atoms with van der Waals surface area (Å²) in [6.45, 7) is 1.93. The second-order valence-electron chi connectivity index (χ2n) is 6.10. The average molecular weight is 271 g/mol. The van der Waals surface area contributed by atoms with Crippen LogP contribution in [0.1, 0.15) is 30.7 Å². The predicted molar refractivity (Wildman–Crippen MR) is 85.0 cm³/mol. The van der Waals surface area contributed by atoms with E-state index in [1.54, 1.807) is 0 Å². The van der Waals surface area contributed by atoms with Crippen LogP contribution in [-0.2, 0) is 7.05 Å². The summed E-state index contributed by atoms with van der Waals surface area (Å²) in [7, 11) is 4.38. The van der Waals surface area contributed by atoms with Gasteiger partial charge in [0.1, 0.15) is 0 Å². The summed E-state index contributed by atoms with van der Waals surface area (Å²) < 4.78 is 2.23. The Labute approximate surface area is 121 Å². The fourth-order valence-electron chi connectivity index (χ4n) is 3.77. The molecule has 2 atom stereocenters. The lowest BCUT2D eigenvalue weighted by Crippen LogP contribution is -2.42. The molecule has 2 aromatic rings. The van der Waals surface area contributed by atoms with Crippen LogP contribution in [0.25, 0.3) is 10.9 Å². The summed E-state index contributed by atoms with van der Waals surface area (Å²) in [5.74, 6) is 0.436. The number of likely N-dealkylation sites (N-methyl/N-ethyl adjacent to an activating group) is 1. The first-order valence-electron chi connectivity index (χ1n) is 7.66. The van der Waals surface area contributed by atoms with E-state index in [1.165, 1.54) is 42.3 Å². The van der Waals surface area contributed by atoms with Gasteiger partial charge in [-0.2, -0.15) is 0 Å². The number of hydrogen-bond donors (Lipinski definition) is 1. The third-order valence-corrected chi connectivity index (χ3v) is 4.87. The van der Waals surface area contributed by atoms with E-state index in [1.807, 2.05) is 0 Å². The van der Waals surface area contributed by atoms with E-state index in [0.717, 1.165) is 6.54 Å². The van der Waals surface area contributed by atoms with Crippen molar-refractivity contribution in [3.63, 3.8) is 0 Å². The monoisotopic (exact) mass is 271 g/mol. The van der Waals surface area contributed by atoms with E-state index in [9.17, 15) is 0 Å². The fourth-order valence-corrected chi connectivity index (χ4v) is 3.77. The Hall–Kier alpha value is -1.32. The van der Waals surface area contributed by atoms with Gasteiger partial charge in [-0.25, -0.2) is 0 Å². The van der Waals surface area contributed by atoms with Gasteiger partial charge in [0.15, 0.2) is 0 Å². The molecule has 3 nitrogen and oxygen atoms in total. The molecule has 20 heavy (non-hydrogen) atoms. The van der Waals surface area contributed by atoms with E-state index in [-0.39, 0.29) is 0 Å². The Bertz CT molecular complexity index is 587. The van der Waals surface area contributed by atoms with Gasteiger partial charge in [0.2, 0.25) is 0 Å². The first-order valence-corrected chi connectivity index (χ1v) is 7.66. The minimum atomic E-state index is 0.436. The van der Waals surface area contributed by atoms with Crippen molar-refractivity contribution in [3.8, 4) is 0 Å². The number of benzene rings is 1. The number of piperidine rings is 1.